The highest BCUT2D eigenvalue weighted by molar-refractivity contribution is 7.90. The van der Waals surface area contributed by atoms with E-state index >= 15 is 0 Å². The first-order valence-corrected chi connectivity index (χ1v) is 10.1. The highest BCUT2D eigenvalue weighted by Gasteiger charge is 2.21. The molecule has 7 nitrogen and oxygen atoms in total. The SMILES string of the molecule is CN1C(=O)CCc2cc(-c3[nH]ncc3COCCS(C)(=O)=O)ccc21. The zero-order chi connectivity index (χ0) is 18.0. The number of sulfone groups is 1. The number of aromatic amines is 1. The summed E-state index contributed by atoms with van der Waals surface area (Å²) in [5.41, 5.74) is 4.75. The Hall–Kier alpha value is -2.19. The number of carbonyl (C=O) groups excluding carboxylic acids is 1. The van der Waals surface area contributed by atoms with Gasteiger partial charge in [-0.15, -0.1) is 0 Å². The average Bonchev–Trinajstić information content (AvgIpc) is 3.02. The van der Waals surface area contributed by atoms with Crippen LogP contribution in [0.2, 0.25) is 0 Å². The van der Waals surface area contributed by atoms with Crippen molar-refractivity contribution in [3.8, 4) is 11.3 Å². The molecule has 1 aliphatic heterocycles. The van der Waals surface area contributed by atoms with Crippen molar-refractivity contribution in [2.24, 2.45) is 0 Å². The molecule has 0 saturated heterocycles. The highest BCUT2D eigenvalue weighted by Crippen LogP contribution is 2.31. The maximum Gasteiger partial charge on any atom is 0.227 e. The fraction of sp³-hybridized carbons (Fsp3) is 0.412. The van der Waals surface area contributed by atoms with Crippen molar-refractivity contribution in [3.05, 3.63) is 35.5 Å². The van der Waals surface area contributed by atoms with Crippen molar-refractivity contribution >= 4 is 21.4 Å². The monoisotopic (exact) mass is 363 g/mol. The predicted octanol–water partition coefficient (Wildman–Crippen LogP) is 1.55. The number of carbonyl (C=O) groups is 1. The lowest BCUT2D eigenvalue weighted by Gasteiger charge is -2.26. The highest BCUT2D eigenvalue weighted by atomic mass is 32.2. The number of aromatic nitrogens is 2. The largest absolute Gasteiger partial charge is 0.376 e. The van der Waals surface area contributed by atoms with Gasteiger partial charge in [0.2, 0.25) is 5.91 Å². The molecule has 3 rings (SSSR count). The third-order valence-electron chi connectivity index (χ3n) is 4.29. The second-order valence-electron chi connectivity index (χ2n) is 6.25. The molecule has 0 aliphatic carbocycles. The first-order valence-electron chi connectivity index (χ1n) is 8.03. The number of fused-ring (bicyclic) bond motifs is 1. The Balaban J connectivity index is 1.75. The van der Waals surface area contributed by atoms with E-state index in [1.807, 2.05) is 12.1 Å². The molecular formula is C17H21N3O4S. The zero-order valence-corrected chi connectivity index (χ0v) is 15.1. The summed E-state index contributed by atoms with van der Waals surface area (Å²) < 4.78 is 27.7. The number of nitrogens with zero attached hydrogens (tertiary/aromatic N) is 2. The minimum Gasteiger partial charge on any atom is -0.376 e. The van der Waals surface area contributed by atoms with Gasteiger partial charge < -0.3 is 9.64 Å². The molecule has 0 unspecified atom stereocenters. The van der Waals surface area contributed by atoms with Gasteiger partial charge in [-0.3, -0.25) is 9.89 Å². The van der Waals surface area contributed by atoms with Gasteiger partial charge in [-0.1, -0.05) is 6.07 Å². The Morgan fingerprint density at radius 3 is 2.88 bits per heavy atom. The normalized spacial score (nSPS) is 14.6. The van der Waals surface area contributed by atoms with Crippen LogP contribution < -0.4 is 4.90 Å². The number of amides is 1. The molecule has 1 aliphatic rings. The Morgan fingerprint density at radius 2 is 2.12 bits per heavy atom. The first kappa shape index (κ1) is 17.6. The molecule has 2 heterocycles. The Morgan fingerprint density at radius 1 is 1.32 bits per heavy atom. The van der Waals surface area contributed by atoms with Crippen molar-refractivity contribution < 1.29 is 17.9 Å². The van der Waals surface area contributed by atoms with Gasteiger partial charge in [0.05, 0.1) is 30.9 Å². The zero-order valence-electron chi connectivity index (χ0n) is 14.3. The van der Waals surface area contributed by atoms with Crippen molar-refractivity contribution in [2.45, 2.75) is 19.4 Å². The molecule has 0 atom stereocenters. The fourth-order valence-corrected chi connectivity index (χ4v) is 3.30. The quantitative estimate of drug-likeness (QED) is 0.786. The number of ether oxygens (including phenoxy) is 1. The van der Waals surface area contributed by atoms with Crippen LogP contribution >= 0.6 is 0 Å². The molecule has 0 saturated carbocycles. The number of aryl methyl sites for hydroxylation is 1. The van der Waals surface area contributed by atoms with E-state index in [9.17, 15) is 13.2 Å². The van der Waals surface area contributed by atoms with Gasteiger partial charge >= 0.3 is 0 Å². The summed E-state index contributed by atoms with van der Waals surface area (Å²) in [7, 11) is -1.24. The van der Waals surface area contributed by atoms with E-state index in [0.29, 0.717) is 6.42 Å². The third-order valence-corrected chi connectivity index (χ3v) is 5.19. The summed E-state index contributed by atoms with van der Waals surface area (Å²) in [5, 5.41) is 7.05. The summed E-state index contributed by atoms with van der Waals surface area (Å²) in [6, 6.07) is 5.95. The number of hydrogen-bond donors (Lipinski definition) is 1. The molecule has 8 heteroatoms. The predicted molar refractivity (Wildman–Crippen MR) is 95.1 cm³/mol. The van der Waals surface area contributed by atoms with Gasteiger partial charge in [-0.2, -0.15) is 5.10 Å². The van der Waals surface area contributed by atoms with Crippen LogP contribution in [0.3, 0.4) is 0 Å². The second-order valence-corrected chi connectivity index (χ2v) is 8.51. The van der Waals surface area contributed by atoms with Crippen LogP contribution in [0.15, 0.2) is 24.4 Å². The summed E-state index contributed by atoms with van der Waals surface area (Å²) in [6.45, 7) is 0.442. The lowest BCUT2D eigenvalue weighted by atomic mass is 9.97. The van der Waals surface area contributed by atoms with Gasteiger partial charge in [0, 0.05) is 36.5 Å². The van der Waals surface area contributed by atoms with Crippen LogP contribution in [0, 0.1) is 0 Å². The van der Waals surface area contributed by atoms with E-state index in [2.05, 4.69) is 16.3 Å². The van der Waals surface area contributed by atoms with Gasteiger partial charge in [-0.25, -0.2) is 8.42 Å². The van der Waals surface area contributed by atoms with Gasteiger partial charge in [-0.05, 0) is 24.1 Å². The van der Waals surface area contributed by atoms with Crippen LogP contribution in [-0.4, -0.2) is 50.2 Å². The maximum absolute atomic E-state index is 11.8. The summed E-state index contributed by atoms with van der Waals surface area (Å²) in [6.07, 6.45) is 4.11. The van der Waals surface area contributed by atoms with Crippen LogP contribution in [0.1, 0.15) is 17.5 Å². The van der Waals surface area contributed by atoms with Gasteiger partial charge in [0.1, 0.15) is 9.84 Å². The van der Waals surface area contributed by atoms with Crippen molar-refractivity contribution in [3.63, 3.8) is 0 Å². The minimum absolute atomic E-state index is 0.000602. The number of H-pyrrole nitrogens is 1. The standard InChI is InChI=1S/C17H21N3O4S/c1-20-15-5-3-13(9-12(15)4-6-16(20)21)17-14(10-18-19-17)11-24-7-8-25(2,22)23/h3,5,9-10H,4,6-8,11H2,1-2H3,(H,18,19). The lowest BCUT2D eigenvalue weighted by Crippen LogP contribution is -2.30. The summed E-state index contributed by atoms with van der Waals surface area (Å²) >= 11 is 0. The van der Waals surface area contributed by atoms with Crippen LogP contribution in [-0.2, 0) is 32.4 Å². The topological polar surface area (TPSA) is 92.4 Å². The number of hydrogen-bond acceptors (Lipinski definition) is 5. The van der Waals surface area contributed by atoms with Crippen LogP contribution in [0.5, 0.6) is 0 Å². The molecule has 0 bridgehead atoms. The average molecular weight is 363 g/mol. The van der Waals surface area contributed by atoms with Gasteiger partial charge in [0.15, 0.2) is 0 Å². The summed E-state index contributed by atoms with van der Waals surface area (Å²) in [5.74, 6) is 0.126. The molecule has 1 aromatic carbocycles. The van der Waals surface area contributed by atoms with Crippen molar-refractivity contribution in [1.82, 2.24) is 10.2 Å². The Labute approximate surface area is 146 Å². The van der Waals surface area contributed by atoms with Crippen molar-refractivity contribution in [1.29, 1.82) is 0 Å². The fourth-order valence-electron chi connectivity index (χ4n) is 2.88. The second kappa shape index (κ2) is 6.97. The van der Waals surface area contributed by atoms with E-state index in [1.54, 1.807) is 18.1 Å². The first-order chi connectivity index (χ1) is 11.8. The van der Waals surface area contributed by atoms with Crippen LogP contribution in [0.25, 0.3) is 11.3 Å². The lowest BCUT2D eigenvalue weighted by molar-refractivity contribution is -0.118. The Kier molecular flexibility index (Phi) is 4.91. The molecule has 0 fully saturated rings. The summed E-state index contributed by atoms with van der Waals surface area (Å²) in [4.78, 5) is 13.5. The Bertz CT molecular complexity index is 889. The van der Waals surface area contributed by atoms with E-state index in [4.69, 9.17) is 4.74 Å². The number of anilines is 1. The molecule has 0 spiro atoms. The van der Waals surface area contributed by atoms with E-state index in [-0.39, 0.29) is 24.9 Å². The molecule has 2 aromatic rings. The van der Waals surface area contributed by atoms with Crippen LogP contribution in [0.4, 0.5) is 5.69 Å². The minimum atomic E-state index is -3.03. The smallest absolute Gasteiger partial charge is 0.227 e. The molecule has 25 heavy (non-hydrogen) atoms. The number of rotatable bonds is 6. The van der Waals surface area contributed by atoms with Crippen molar-refractivity contribution in [2.75, 3.05) is 30.6 Å². The molecule has 1 aromatic heterocycles. The van der Waals surface area contributed by atoms with Gasteiger partial charge in [0.25, 0.3) is 0 Å². The van der Waals surface area contributed by atoms with E-state index in [1.165, 1.54) is 6.26 Å². The molecule has 1 amide bonds. The molecular weight excluding hydrogens is 342 g/mol. The van der Waals surface area contributed by atoms with E-state index in [0.717, 1.165) is 34.5 Å². The number of benzene rings is 1. The molecule has 134 valence electrons. The van der Waals surface area contributed by atoms with E-state index < -0.39 is 9.84 Å². The third kappa shape index (κ3) is 4.08. The maximum atomic E-state index is 11.8. The number of nitrogens with one attached hydrogen (secondary N) is 1. The molecule has 1 N–H and O–H groups in total. The molecule has 0 radical (unpaired) electrons.